The Balaban J connectivity index is 2.88. The molecule has 0 aliphatic carbocycles. The second-order valence-corrected chi connectivity index (χ2v) is 3.87. The Labute approximate surface area is 106 Å². The molecule has 92 valence electrons. The number of carbonyl (C=O) groups excluding carboxylic acids is 1. The van der Waals surface area contributed by atoms with Gasteiger partial charge in [-0.1, -0.05) is 29.8 Å². The smallest absolute Gasteiger partial charge is 0.327 e. The number of hydrogen-bond acceptors (Lipinski definition) is 3. The summed E-state index contributed by atoms with van der Waals surface area (Å²) in [5, 5.41) is 3.64. The first-order valence-electron chi connectivity index (χ1n) is 5.45. The van der Waals surface area contributed by atoms with Crippen molar-refractivity contribution in [1.82, 2.24) is 5.32 Å². The van der Waals surface area contributed by atoms with Crippen LogP contribution in [0.15, 0.2) is 36.9 Å². The summed E-state index contributed by atoms with van der Waals surface area (Å²) in [7, 11) is 0. The van der Waals surface area contributed by atoms with Crippen LogP contribution in [0.1, 0.15) is 18.5 Å². The molecular weight excluding hydrogens is 238 g/mol. The number of hydrogen-bond donors (Lipinski definition) is 1. The average molecular weight is 254 g/mol. The van der Waals surface area contributed by atoms with Gasteiger partial charge in [0.05, 0.1) is 6.61 Å². The van der Waals surface area contributed by atoms with E-state index in [2.05, 4.69) is 11.9 Å². The van der Waals surface area contributed by atoms with E-state index in [0.717, 1.165) is 5.56 Å². The lowest BCUT2D eigenvalue weighted by atomic mass is 10.1. The zero-order chi connectivity index (χ0) is 12.7. The van der Waals surface area contributed by atoms with Crippen LogP contribution in [0, 0.1) is 0 Å². The molecule has 0 saturated carbocycles. The maximum atomic E-state index is 11.8. The zero-order valence-electron chi connectivity index (χ0n) is 9.78. The van der Waals surface area contributed by atoms with Crippen LogP contribution in [0.5, 0.6) is 0 Å². The Morgan fingerprint density at radius 3 is 3.00 bits per heavy atom. The number of esters is 1. The summed E-state index contributed by atoms with van der Waals surface area (Å²) in [5.41, 5.74) is 0.790. The van der Waals surface area contributed by atoms with Gasteiger partial charge in [0, 0.05) is 11.6 Å². The van der Waals surface area contributed by atoms with E-state index in [-0.39, 0.29) is 5.97 Å². The molecule has 0 bridgehead atoms. The molecule has 17 heavy (non-hydrogen) atoms. The highest BCUT2D eigenvalue weighted by atomic mass is 35.5. The van der Waals surface area contributed by atoms with Gasteiger partial charge in [0.1, 0.15) is 6.04 Å². The number of nitrogens with one attached hydrogen (secondary N) is 1. The molecule has 0 radical (unpaired) electrons. The van der Waals surface area contributed by atoms with E-state index in [4.69, 9.17) is 16.3 Å². The Morgan fingerprint density at radius 1 is 1.65 bits per heavy atom. The molecule has 1 aromatic rings. The Hall–Kier alpha value is -1.32. The summed E-state index contributed by atoms with van der Waals surface area (Å²) in [5.74, 6) is -0.309. The van der Waals surface area contributed by atoms with E-state index in [1.165, 1.54) is 0 Å². The van der Waals surface area contributed by atoms with Gasteiger partial charge in [-0.25, -0.2) is 4.79 Å². The van der Waals surface area contributed by atoms with Crippen LogP contribution in [0.3, 0.4) is 0 Å². The molecule has 3 nitrogen and oxygen atoms in total. The standard InChI is InChI=1S/C13H16ClNO2/c1-3-8-15-12(13(16)17-4-2)10-6-5-7-11(14)9-10/h3,5-7,9,12,15H,1,4,8H2,2H3. The summed E-state index contributed by atoms with van der Waals surface area (Å²) >= 11 is 5.90. The molecule has 0 fully saturated rings. The monoisotopic (exact) mass is 253 g/mol. The van der Waals surface area contributed by atoms with Gasteiger partial charge in [-0.15, -0.1) is 6.58 Å². The normalized spacial score (nSPS) is 11.9. The van der Waals surface area contributed by atoms with Gasteiger partial charge in [0.2, 0.25) is 0 Å². The van der Waals surface area contributed by atoms with E-state index >= 15 is 0 Å². The van der Waals surface area contributed by atoms with Crippen LogP contribution >= 0.6 is 11.6 Å². The fourth-order valence-electron chi connectivity index (χ4n) is 1.45. The molecular formula is C13H16ClNO2. The average Bonchev–Trinajstić information content (AvgIpc) is 2.30. The maximum Gasteiger partial charge on any atom is 0.327 e. The largest absolute Gasteiger partial charge is 0.465 e. The third-order valence-corrected chi connectivity index (χ3v) is 2.41. The van der Waals surface area contributed by atoms with Crippen molar-refractivity contribution in [2.24, 2.45) is 0 Å². The lowest BCUT2D eigenvalue weighted by Gasteiger charge is -2.16. The van der Waals surface area contributed by atoms with Crippen LogP contribution in [0.25, 0.3) is 0 Å². The lowest BCUT2D eigenvalue weighted by molar-refractivity contribution is -0.145. The second-order valence-electron chi connectivity index (χ2n) is 3.44. The van der Waals surface area contributed by atoms with Gasteiger partial charge in [-0.3, -0.25) is 5.32 Å². The van der Waals surface area contributed by atoms with Crippen LogP contribution in [0.4, 0.5) is 0 Å². The summed E-state index contributed by atoms with van der Waals surface area (Å²) in [4.78, 5) is 11.8. The van der Waals surface area contributed by atoms with Crippen molar-refractivity contribution in [3.63, 3.8) is 0 Å². The van der Waals surface area contributed by atoms with Crippen LogP contribution in [0.2, 0.25) is 5.02 Å². The van der Waals surface area contributed by atoms with Crippen molar-refractivity contribution in [2.75, 3.05) is 13.2 Å². The number of rotatable bonds is 6. The predicted molar refractivity (Wildman–Crippen MR) is 69.0 cm³/mol. The summed E-state index contributed by atoms with van der Waals surface area (Å²) in [6.07, 6.45) is 1.69. The second kappa shape index (κ2) is 7.09. The summed E-state index contributed by atoms with van der Waals surface area (Å²) in [6, 6.07) is 6.65. The van der Waals surface area contributed by atoms with E-state index in [0.29, 0.717) is 18.2 Å². The molecule has 0 aliphatic heterocycles. The predicted octanol–water partition coefficient (Wildman–Crippen LogP) is 2.72. The van der Waals surface area contributed by atoms with Gasteiger partial charge >= 0.3 is 5.97 Å². The molecule has 1 atom stereocenters. The summed E-state index contributed by atoms with van der Waals surface area (Å²) < 4.78 is 5.02. The Bertz CT molecular complexity index is 393. The van der Waals surface area contributed by atoms with Crippen molar-refractivity contribution in [1.29, 1.82) is 0 Å². The Kier molecular flexibility index (Phi) is 5.73. The van der Waals surface area contributed by atoms with Crippen molar-refractivity contribution in [3.8, 4) is 0 Å². The van der Waals surface area contributed by atoms with Gasteiger partial charge in [-0.2, -0.15) is 0 Å². The highest BCUT2D eigenvalue weighted by Gasteiger charge is 2.20. The number of ether oxygens (including phenoxy) is 1. The van der Waals surface area contributed by atoms with Crippen molar-refractivity contribution < 1.29 is 9.53 Å². The first kappa shape index (κ1) is 13.7. The third kappa shape index (κ3) is 4.21. The van der Waals surface area contributed by atoms with Gasteiger partial charge in [0.25, 0.3) is 0 Å². The lowest BCUT2D eigenvalue weighted by Crippen LogP contribution is -2.30. The molecule has 0 aliphatic rings. The molecule has 1 rings (SSSR count). The third-order valence-electron chi connectivity index (χ3n) is 2.17. The van der Waals surface area contributed by atoms with Crippen molar-refractivity contribution >= 4 is 17.6 Å². The summed E-state index contributed by atoms with van der Waals surface area (Å²) in [6.45, 7) is 6.26. The molecule has 0 saturated heterocycles. The van der Waals surface area contributed by atoms with Gasteiger partial charge in [-0.05, 0) is 24.6 Å². The molecule has 1 unspecified atom stereocenters. The molecule has 1 aromatic carbocycles. The van der Waals surface area contributed by atoms with E-state index in [9.17, 15) is 4.79 Å². The molecule has 0 heterocycles. The SMILES string of the molecule is C=CCNC(C(=O)OCC)c1cccc(Cl)c1. The minimum Gasteiger partial charge on any atom is -0.465 e. The quantitative estimate of drug-likeness (QED) is 0.626. The highest BCUT2D eigenvalue weighted by molar-refractivity contribution is 6.30. The van der Waals surface area contributed by atoms with Crippen molar-refractivity contribution in [2.45, 2.75) is 13.0 Å². The van der Waals surface area contributed by atoms with Crippen LogP contribution in [-0.4, -0.2) is 19.1 Å². The minimum absolute atomic E-state index is 0.309. The molecule has 0 amide bonds. The first-order valence-corrected chi connectivity index (χ1v) is 5.83. The molecule has 4 heteroatoms. The fraction of sp³-hybridized carbons (Fsp3) is 0.308. The fourth-order valence-corrected chi connectivity index (χ4v) is 1.65. The Morgan fingerprint density at radius 2 is 2.41 bits per heavy atom. The molecule has 1 N–H and O–H groups in total. The van der Waals surface area contributed by atoms with E-state index in [1.54, 1.807) is 31.2 Å². The first-order chi connectivity index (χ1) is 8.19. The van der Waals surface area contributed by atoms with Gasteiger partial charge in [0.15, 0.2) is 0 Å². The number of benzene rings is 1. The number of halogens is 1. The topological polar surface area (TPSA) is 38.3 Å². The van der Waals surface area contributed by atoms with Crippen LogP contribution < -0.4 is 5.32 Å². The van der Waals surface area contributed by atoms with Crippen LogP contribution in [-0.2, 0) is 9.53 Å². The molecule has 0 aromatic heterocycles. The van der Waals surface area contributed by atoms with Gasteiger partial charge < -0.3 is 4.74 Å². The van der Waals surface area contributed by atoms with E-state index < -0.39 is 6.04 Å². The van der Waals surface area contributed by atoms with Crippen molar-refractivity contribution in [3.05, 3.63) is 47.5 Å². The maximum absolute atomic E-state index is 11.8. The minimum atomic E-state index is -0.508. The highest BCUT2D eigenvalue weighted by Crippen LogP contribution is 2.19. The molecule has 0 spiro atoms. The number of carbonyl (C=O) groups is 1. The van der Waals surface area contributed by atoms with E-state index in [1.807, 2.05) is 6.07 Å². The zero-order valence-corrected chi connectivity index (χ0v) is 10.5.